The predicted molar refractivity (Wildman–Crippen MR) is 70.7 cm³/mol. The summed E-state index contributed by atoms with van der Waals surface area (Å²) in [5, 5.41) is 19.7. The Morgan fingerprint density at radius 2 is 1.96 bits per heavy atom. The lowest BCUT2D eigenvalue weighted by Crippen LogP contribution is -2.23. The Kier molecular flexibility index (Phi) is 6.52. The Labute approximate surface area is 129 Å². The van der Waals surface area contributed by atoms with Gasteiger partial charge in [-0.05, 0) is 30.7 Å². The minimum absolute atomic E-state index is 0.0752. The van der Waals surface area contributed by atoms with Crippen LogP contribution >= 0.6 is 0 Å². The van der Waals surface area contributed by atoms with Crippen molar-refractivity contribution < 1.29 is 42.4 Å². The van der Waals surface area contributed by atoms with Crippen LogP contribution in [0.4, 0.5) is 13.2 Å². The number of benzene rings is 1. The molecule has 0 aliphatic heterocycles. The SMILES string of the molecule is CCOC(=O)CC(O)C(O)c1cc(C=O)cc(OC(F)(F)F)c1. The maximum absolute atomic E-state index is 12.2. The van der Waals surface area contributed by atoms with Gasteiger partial charge in [0.25, 0.3) is 0 Å². The summed E-state index contributed by atoms with van der Waals surface area (Å²) >= 11 is 0. The Morgan fingerprint density at radius 1 is 1.30 bits per heavy atom. The average Bonchev–Trinajstić information content (AvgIpc) is 2.44. The zero-order chi connectivity index (χ0) is 17.6. The molecule has 6 nitrogen and oxygen atoms in total. The highest BCUT2D eigenvalue weighted by atomic mass is 19.4. The Morgan fingerprint density at radius 3 is 2.48 bits per heavy atom. The Balaban J connectivity index is 2.98. The fourth-order valence-corrected chi connectivity index (χ4v) is 1.80. The van der Waals surface area contributed by atoms with E-state index in [0.717, 1.165) is 18.2 Å². The molecule has 0 amide bonds. The number of esters is 1. The fourth-order valence-electron chi connectivity index (χ4n) is 1.80. The van der Waals surface area contributed by atoms with Crippen molar-refractivity contribution in [3.05, 3.63) is 29.3 Å². The van der Waals surface area contributed by atoms with Crippen LogP contribution in [-0.2, 0) is 9.53 Å². The van der Waals surface area contributed by atoms with Crippen molar-refractivity contribution in [3.8, 4) is 5.75 Å². The zero-order valence-corrected chi connectivity index (χ0v) is 12.0. The van der Waals surface area contributed by atoms with Crippen molar-refractivity contribution in [2.24, 2.45) is 0 Å². The number of carbonyl (C=O) groups excluding carboxylic acids is 2. The van der Waals surface area contributed by atoms with Crippen molar-refractivity contribution in [1.29, 1.82) is 0 Å². The van der Waals surface area contributed by atoms with Crippen molar-refractivity contribution in [3.63, 3.8) is 0 Å². The Hall–Kier alpha value is -2.13. The number of hydrogen-bond acceptors (Lipinski definition) is 6. The summed E-state index contributed by atoms with van der Waals surface area (Å²) in [7, 11) is 0. The lowest BCUT2D eigenvalue weighted by Gasteiger charge is -2.19. The van der Waals surface area contributed by atoms with Crippen LogP contribution in [-0.4, -0.2) is 41.5 Å². The minimum Gasteiger partial charge on any atom is -0.466 e. The molecule has 128 valence electrons. The first-order valence-corrected chi connectivity index (χ1v) is 6.54. The molecule has 0 fully saturated rings. The molecule has 2 unspecified atom stereocenters. The summed E-state index contributed by atoms with van der Waals surface area (Å²) in [5.74, 6) is -1.50. The standard InChI is InChI=1S/C14H15F3O6/c1-2-22-12(20)6-11(19)13(21)9-3-8(7-18)4-10(5-9)23-14(15,16)17/h3-5,7,11,13,19,21H,2,6H2,1H3. The number of carbonyl (C=O) groups is 2. The van der Waals surface area contributed by atoms with Gasteiger partial charge in [-0.1, -0.05) is 0 Å². The molecule has 0 radical (unpaired) electrons. The van der Waals surface area contributed by atoms with E-state index in [-0.39, 0.29) is 24.0 Å². The van der Waals surface area contributed by atoms with Crippen LogP contribution in [0.3, 0.4) is 0 Å². The molecule has 2 atom stereocenters. The van der Waals surface area contributed by atoms with Gasteiger partial charge < -0.3 is 19.7 Å². The number of ether oxygens (including phenoxy) is 2. The molecule has 0 heterocycles. The largest absolute Gasteiger partial charge is 0.573 e. The lowest BCUT2D eigenvalue weighted by molar-refractivity contribution is -0.274. The molecule has 23 heavy (non-hydrogen) atoms. The van der Waals surface area contributed by atoms with Crippen LogP contribution in [0, 0.1) is 0 Å². The van der Waals surface area contributed by atoms with Crippen molar-refractivity contribution in [2.75, 3.05) is 6.61 Å². The van der Waals surface area contributed by atoms with Crippen LogP contribution in [0.1, 0.15) is 35.4 Å². The van der Waals surface area contributed by atoms with Crippen molar-refractivity contribution in [1.82, 2.24) is 0 Å². The maximum atomic E-state index is 12.2. The normalized spacial score (nSPS) is 14.0. The Bertz CT molecular complexity index is 558. The lowest BCUT2D eigenvalue weighted by atomic mass is 10.00. The number of aldehydes is 1. The van der Waals surface area contributed by atoms with E-state index in [4.69, 9.17) is 0 Å². The van der Waals surface area contributed by atoms with Gasteiger partial charge in [0.05, 0.1) is 19.1 Å². The second-order valence-corrected chi connectivity index (χ2v) is 4.52. The summed E-state index contributed by atoms with van der Waals surface area (Å²) in [5.41, 5.74) is -0.394. The number of hydrogen-bond donors (Lipinski definition) is 2. The molecule has 1 aromatic rings. The first-order valence-electron chi connectivity index (χ1n) is 6.54. The highest BCUT2D eigenvalue weighted by Crippen LogP contribution is 2.28. The molecule has 9 heteroatoms. The summed E-state index contributed by atoms with van der Waals surface area (Å²) < 4.78 is 45.0. The number of halogens is 3. The maximum Gasteiger partial charge on any atom is 0.573 e. The van der Waals surface area contributed by atoms with Crippen LogP contribution in [0.15, 0.2) is 18.2 Å². The second kappa shape index (κ2) is 7.93. The second-order valence-electron chi connectivity index (χ2n) is 4.52. The molecular formula is C14H15F3O6. The molecule has 0 saturated carbocycles. The van der Waals surface area contributed by atoms with Gasteiger partial charge in [-0.3, -0.25) is 9.59 Å². The summed E-state index contributed by atoms with van der Waals surface area (Å²) in [6.45, 7) is 1.63. The molecular weight excluding hydrogens is 321 g/mol. The van der Waals surface area contributed by atoms with Gasteiger partial charge in [0.1, 0.15) is 18.1 Å². The van der Waals surface area contributed by atoms with Gasteiger partial charge in [0.15, 0.2) is 0 Å². The summed E-state index contributed by atoms with van der Waals surface area (Å²) in [6.07, 6.45) is -8.59. The van der Waals surface area contributed by atoms with Gasteiger partial charge in [0, 0.05) is 5.56 Å². The minimum atomic E-state index is -4.98. The van der Waals surface area contributed by atoms with E-state index in [9.17, 15) is 33.0 Å². The first kappa shape index (κ1) is 18.9. The molecule has 0 spiro atoms. The van der Waals surface area contributed by atoms with Crippen LogP contribution in [0.5, 0.6) is 5.75 Å². The summed E-state index contributed by atoms with van der Waals surface area (Å²) in [6, 6.07) is 2.73. The van der Waals surface area contributed by atoms with E-state index in [0.29, 0.717) is 0 Å². The molecule has 1 rings (SSSR count). The van der Waals surface area contributed by atoms with E-state index in [2.05, 4.69) is 9.47 Å². The third kappa shape index (κ3) is 6.25. The number of alkyl halides is 3. The van der Waals surface area contributed by atoms with E-state index in [1.165, 1.54) is 0 Å². The van der Waals surface area contributed by atoms with Crippen molar-refractivity contribution in [2.45, 2.75) is 31.9 Å². The van der Waals surface area contributed by atoms with Gasteiger partial charge in [-0.25, -0.2) is 0 Å². The topological polar surface area (TPSA) is 93.1 Å². The molecule has 0 aliphatic rings. The number of rotatable bonds is 7. The molecule has 2 N–H and O–H groups in total. The number of aliphatic hydroxyl groups is 2. The van der Waals surface area contributed by atoms with Crippen LogP contribution in [0.2, 0.25) is 0 Å². The van der Waals surface area contributed by atoms with E-state index >= 15 is 0 Å². The van der Waals surface area contributed by atoms with E-state index < -0.39 is 36.7 Å². The molecule has 0 aliphatic carbocycles. The highest BCUT2D eigenvalue weighted by Gasteiger charge is 2.32. The number of aliphatic hydroxyl groups excluding tert-OH is 2. The van der Waals surface area contributed by atoms with Crippen LogP contribution in [0.25, 0.3) is 0 Å². The molecule has 0 saturated heterocycles. The van der Waals surface area contributed by atoms with Crippen molar-refractivity contribution >= 4 is 12.3 Å². The van der Waals surface area contributed by atoms with Gasteiger partial charge in [0.2, 0.25) is 0 Å². The van der Waals surface area contributed by atoms with Gasteiger partial charge in [-0.2, -0.15) is 0 Å². The first-order chi connectivity index (χ1) is 10.7. The highest BCUT2D eigenvalue weighted by molar-refractivity contribution is 5.76. The fraction of sp³-hybridized carbons (Fsp3) is 0.429. The smallest absolute Gasteiger partial charge is 0.466 e. The van der Waals surface area contributed by atoms with Gasteiger partial charge >= 0.3 is 12.3 Å². The van der Waals surface area contributed by atoms with Crippen LogP contribution < -0.4 is 4.74 Å². The third-order valence-electron chi connectivity index (χ3n) is 2.71. The average molecular weight is 336 g/mol. The van der Waals surface area contributed by atoms with E-state index in [1.807, 2.05) is 0 Å². The molecule has 1 aromatic carbocycles. The molecule has 0 aromatic heterocycles. The quantitative estimate of drug-likeness (QED) is 0.582. The van der Waals surface area contributed by atoms with E-state index in [1.54, 1.807) is 6.92 Å². The summed E-state index contributed by atoms with van der Waals surface area (Å²) in [4.78, 5) is 22.0. The monoisotopic (exact) mass is 336 g/mol. The predicted octanol–water partition coefficient (Wildman–Crippen LogP) is 1.75. The molecule has 0 bridgehead atoms. The third-order valence-corrected chi connectivity index (χ3v) is 2.71. The van der Waals surface area contributed by atoms with Gasteiger partial charge in [-0.15, -0.1) is 13.2 Å². The zero-order valence-electron chi connectivity index (χ0n) is 12.0.